The molecule has 2 atom stereocenters. The van der Waals surface area contributed by atoms with Gasteiger partial charge in [0, 0.05) is 6.54 Å². The predicted octanol–water partition coefficient (Wildman–Crippen LogP) is 4.74. The molecule has 3 rings (SSSR count). The molecule has 2 heterocycles. The van der Waals surface area contributed by atoms with Crippen molar-refractivity contribution in [3.63, 3.8) is 0 Å². The highest BCUT2D eigenvalue weighted by Gasteiger charge is 2.58. The van der Waals surface area contributed by atoms with E-state index < -0.39 is 23.9 Å². The van der Waals surface area contributed by atoms with Crippen LogP contribution in [0.5, 0.6) is 0 Å². The smallest absolute Gasteiger partial charge is 0.444 e. The van der Waals surface area contributed by atoms with Gasteiger partial charge in [-0.15, -0.1) is 0 Å². The average molecular weight is 377 g/mol. The number of hydrogen-bond donors (Lipinski definition) is 0. The average Bonchev–Trinajstić information content (AvgIpc) is 2.74. The zero-order chi connectivity index (χ0) is 20.1. The van der Waals surface area contributed by atoms with Gasteiger partial charge >= 0.3 is 13.2 Å². The summed E-state index contributed by atoms with van der Waals surface area (Å²) < 4.78 is 18.4. The molecule has 6 heteroatoms. The topological polar surface area (TPSA) is 48.0 Å². The first kappa shape index (κ1) is 20.7. The molecule has 1 spiro atoms. The van der Waals surface area contributed by atoms with Gasteiger partial charge in [0.25, 0.3) is 0 Å². The molecule has 0 aromatic carbocycles. The van der Waals surface area contributed by atoms with E-state index in [1.54, 1.807) is 0 Å². The van der Waals surface area contributed by atoms with Crippen LogP contribution >= 0.6 is 0 Å². The first-order valence-corrected chi connectivity index (χ1v) is 10.3. The van der Waals surface area contributed by atoms with Gasteiger partial charge in [0.15, 0.2) is 0 Å². The number of amides is 1. The lowest BCUT2D eigenvalue weighted by Crippen LogP contribution is -2.58. The number of likely N-dealkylation sites (tertiary alicyclic amines) is 1. The zero-order valence-corrected chi connectivity index (χ0v) is 18.1. The summed E-state index contributed by atoms with van der Waals surface area (Å²) in [5.74, 6) is -0.124. The van der Waals surface area contributed by atoms with Gasteiger partial charge in [-0.25, -0.2) is 4.79 Å². The highest BCUT2D eigenvalue weighted by atomic mass is 16.7. The molecule has 0 saturated carbocycles. The first-order valence-electron chi connectivity index (χ1n) is 10.3. The highest BCUT2D eigenvalue weighted by molar-refractivity contribution is 6.48. The minimum absolute atomic E-state index is 0.124. The van der Waals surface area contributed by atoms with E-state index in [4.69, 9.17) is 14.0 Å². The summed E-state index contributed by atoms with van der Waals surface area (Å²) in [5.41, 5.74) is -1.09. The van der Waals surface area contributed by atoms with E-state index in [-0.39, 0.29) is 17.4 Å². The second kappa shape index (κ2) is 6.80. The van der Waals surface area contributed by atoms with Gasteiger partial charge in [0.1, 0.15) is 5.60 Å². The number of nitrogens with zero attached hydrogens (tertiary/aromatic N) is 1. The van der Waals surface area contributed by atoms with Crippen LogP contribution in [0.25, 0.3) is 0 Å². The Kier molecular flexibility index (Phi) is 5.22. The lowest BCUT2D eigenvalue weighted by atomic mass is 9.60. The maximum absolute atomic E-state index is 13.0. The molecule has 0 bridgehead atoms. The van der Waals surface area contributed by atoms with E-state index in [2.05, 4.69) is 39.8 Å². The van der Waals surface area contributed by atoms with Gasteiger partial charge in [0.2, 0.25) is 0 Å². The molecule has 5 nitrogen and oxygen atoms in total. The van der Waals surface area contributed by atoms with Crippen molar-refractivity contribution < 1.29 is 18.8 Å². The van der Waals surface area contributed by atoms with Crippen molar-refractivity contribution in [3.8, 4) is 0 Å². The summed E-state index contributed by atoms with van der Waals surface area (Å²) in [7, 11) is -0.425. The van der Waals surface area contributed by atoms with Crippen LogP contribution in [0.4, 0.5) is 4.79 Å². The van der Waals surface area contributed by atoms with Crippen LogP contribution in [-0.4, -0.2) is 47.4 Å². The molecule has 0 aromatic rings. The third-order valence-corrected chi connectivity index (χ3v) is 6.70. The van der Waals surface area contributed by atoms with E-state index >= 15 is 0 Å². The summed E-state index contributed by atoms with van der Waals surface area (Å²) in [6.45, 7) is 14.7. The number of piperidine rings is 1. The number of ether oxygens (including phenoxy) is 1. The van der Waals surface area contributed by atoms with Crippen molar-refractivity contribution >= 4 is 13.2 Å². The third kappa shape index (κ3) is 4.22. The molecule has 2 aliphatic heterocycles. The summed E-state index contributed by atoms with van der Waals surface area (Å²) in [6.07, 6.45) is 9.57. The Morgan fingerprint density at radius 2 is 1.74 bits per heavy atom. The predicted molar refractivity (Wildman–Crippen MR) is 107 cm³/mol. The van der Waals surface area contributed by atoms with Crippen molar-refractivity contribution in [2.45, 2.75) is 103 Å². The minimum atomic E-state index is -0.514. The van der Waals surface area contributed by atoms with Crippen molar-refractivity contribution in [1.82, 2.24) is 4.90 Å². The van der Waals surface area contributed by atoms with Crippen molar-refractivity contribution in [2.24, 2.45) is 5.41 Å². The van der Waals surface area contributed by atoms with E-state index in [1.165, 1.54) is 6.42 Å². The molecule has 2 unspecified atom stereocenters. The molecule has 1 amide bonds. The van der Waals surface area contributed by atoms with Crippen LogP contribution in [-0.2, 0) is 14.0 Å². The zero-order valence-electron chi connectivity index (χ0n) is 18.1. The van der Waals surface area contributed by atoms with E-state index in [9.17, 15) is 4.79 Å². The van der Waals surface area contributed by atoms with E-state index in [1.807, 2.05) is 25.7 Å². The van der Waals surface area contributed by atoms with Crippen molar-refractivity contribution in [2.75, 3.05) is 6.54 Å². The second-order valence-electron chi connectivity index (χ2n) is 10.5. The molecule has 27 heavy (non-hydrogen) atoms. The van der Waals surface area contributed by atoms with Gasteiger partial charge in [-0.1, -0.05) is 12.2 Å². The van der Waals surface area contributed by atoms with Crippen LogP contribution in [0.3, 0.4) is 0 Å². The van der Waals surface area contributed by atoms with Gasteiger partial charge in [-0.3, -0.25) is 0 Å². The van der Waals surface area contributed by atoms with Crippen molar-refractivity contribution in [1.29, 1.82) is 0 Å². The molecule has 2 fully saturated rings. The summed E-state index contributed by atoms with van der Waals surface area (Å²) in [6, 6.07) is 0. The molecule has 0 N–H and O–H groups in total. The molecule has 1 aliphatic carbocycles. The Hall–Kier alpha value is -1.01. The van der Waals surface area contributed by atoms with E-state index in [0.29, 0.717) is 6.54 Å². The van der Waals surface area contributed by atoms with Gasteiger partial charge in [-0.2, -0.15) is 0 Å². The standard InChI is InChI=1S/C21H36BNO4/c1-18(2,3)25-17(24)23-14-13-21(11-9-8-10-12-21)15-16(23)22-26-19(4,5)20(6,7)27-22/h8-9,16H,10-15H2,1-7H3. The Morgan fingerprint density at radius 3 is 2.26 bits per heavy atom. The molecule has 152 valence electrons. The second-order valence-corrected chi connectivity index (χ2v) is 10.5. The Bertz CT molecular complexity index is 594. The first-order chi connectivity index (χ1) is 12.3. The molecule has 3 aliphatic rings. The summed E-state index contributed by atoms with van der Waals surface area (Å²) >= 11 is 0. The quantitative estimate of drug-likeness (QED) is 0.489. The van der Waals surface area contributed by atoms with Gasteiger partial charge in [-0.05, 0) is 86.0 Å². The third-order valence-electron chi connectivity index (χ3n) is 6.70. The lowest BCUT2D eigenvalue weighted by molar-refractivity contribution is -0.00369. The van der Waals surface area contributed by atoms with Crippen LogP contribution in [0.1, 0.15) is 80.6 Å². The van der Waals surface area contributed by atoms with Crippen molar-refractivity contribution in [3.05, 3.63) is 12.2 Å². The number of carbonyl (C=O) groups excluding carboxylic acids is 1. The number of carbonyl (C=O) groups is 1. The fourth-order valence-electron chi connectivity index (χ4n) is 4.37. The van der Waals surface area contributed by atoms with Crippen LogP contribution in [0.2, 0.25) is 0 Å². The molecular weight excluding hydrogens is 341 g/mol. The number of allylic oxidation sites excluding steroid dienone is 2. The Labute approximate surface area is 164 Å². The maximum atomic E-state index is 13.0. The van der Waals surface area contributed by atoms with Gasteiger partial charge < -0.3 is 18.9 Å². The SMILES string of the molecule is CC(C)(C)OC(=O)N1CCC2(CC=CCC2)CC1B1OC(C)(C)C(C)(C)O1. The van der Waals surface area contributed by atoms with E-state index in [0.717, 1.165) is 25.7 Å². The van der Waals surface area contributed by atoms with Crippen LogP contribution in [0, 0.1) is 5.41 Å². The highest BCUT2D eigenvalue weighted by Crippen LogP contribution is 2.47. The van der Waals surface area contributed by atoms with Crippen LogP contribution in [0.15, 0.2) is 12.2 Å². The minimum Gasteiger partial charge on any atom is -0.444 e. The molecular formula is C21H36BNO4. The van der Waals surface area contributed by atoms with Crippen LogP contribution < -0.4 is 0 Å². The normalized spacial score (nSPS) is 32.8. The lowest BCUT2D eigenvalue weighted by Gasteiger charge is -2.47. The Morgan fingerprint density at radius 1 is 1.11 bits per heavy atom. The monoisotopic (exact) mass is 377 g/mol. The number of hydrogen-bond acceptors (Lipinski definition) is 4. The Balaban J connectivity index is 1.85. The summed E-state index contributed by atoms with van der Waals surface area (Å²) in [5, 5.41) is 0. The molecule has 0 aromatic heterocycles. The fraction of sp³-hybridized carbons (Fsp3) is 0.857. The summed E-state index contributed by atoms with van der Waals surface area (Å²) in [4.78, 5) is 14.8. The molecule has 0 radical (unpaired) electrons. The largest absolute Gasteiger partial charge is 0.482 e. The molecule has 2 saturated heterocycles. The maximum Gasteiger partial charge on any atom is 0.482 e. The number of rotatable bonds is 1. The fourth-order valence-corrected chi connectivity index (χ4v) is 4.37. The van der Waals surface area contributed by atoms with Gasteiger partial charge in [0.05, 0.1) is 17.1 Å².